The summed E-state index contributed by atoms with van der Waals surface area (Å²) in [6, 6.07) is 17.4. The van der Waals surface area contributed by atoms with E-state index in [9.17, 15) is 19.5 Å². The zero-order chi connectivity index (χ0) is 19.9. The first kappa shape index (κ1) is 20.2. The fraction of sp³-hybridized carbons (Fsp3) is 0.286. The predicted molar refractivity (Wildman–Crippen MR) is 100 cm³/mol. The Morgan fingerprint density at radius 2 is 1.33 bits per heavy atom. The van der Waals surface area contributed by atoms with E-state index < -0.39 is 35.7 Å². The van der Waals surface area contributed by atoms with Gasteiger partial charge in [0.25, 0.3) is 0 Å². The van der Waals surface area contributed by atoms with Crippen LogP contribution in [-0.2, 0) is 27.2 Å². The Bertz CT molecular complexity index is 747. The second-order valence-corrected chi connectivity index (χ2v) is 6.85. The van der Waals surface area contributed by atoms with Crippen LogP contribution in [0.4, 0.5) is 0 Å². The van der Waals surface area contributed by atoms with Crippen molar-refractivity contribution < 1.29 is 24.6 Å². The average molecular weight is 369 g/mol. The van der Waals surface area contributed by atoms with Gasteiger partial charge in [-0.15, -0.1) is 0 Å². The number of hydrogen-bond acceptors (Lipinski definition) is 3. The van der Waals surface area contributed by atoms with E-state index in [1.807, 2.05) is 60.7 Å². The lowest BCUT2D eigenvalue weighted by molar-refractivity contribution is -0.148. The van der Waals surface area contributed by atoms with Crippen LogP contribution in [0.1, 0.15) is 24.5 Å². The Balaban J connectivity index is 2.28. The van der Waals surface area contributed by atoms with Gasteiger partial charge in [-0.1, -0.05) is 67.6 Å². The molecule has 0 fully saturated rings. The quantitative estimate of drug-likeness (QED) is 0.630. The van der Waals surface area contributed by atoms with E-state index in [1.165, 1.54) is 0 Å². The minimum Gasteiger partial charge on any atom is -0.481 e. The molecule has 2 aromatic carbocycles. The second-order valence-electron chi connectivity index (χ2n) is 6.85. The van der Waals surface area contributed by atoms with Crippen molar-refractivity contribution in [1.82, 2.24) is 5.32 Å². The van der Waals surface area contributed by atoms with Gasteiger partial charge in [-0.25, -0.2) is 4.79 Å². The van der Waals surface area contributed by atoms with E-state index in [1.54, 1.807) is 6.92 Å². The molecule has 0 spiro atoms. The van der Waals surface area contributed by atoms with Crippen LogP contribution in [0.3, 0.4) is 0 Å². The molecule has 0 saturated heterocycles. The molecule has 0 heterocycles. The van der Waals surface area contributed by atoms with Gasteiger partial charge < -0.3 is 15.5 Å². The molecule has 0 unspecified atom stereocenters. The zero-order valence-corrected chi connectivity index (χ0v) is 15.1. The largest absolute Gasteiger partial charge is 0.481 e. The van der Waals surface area contributed by atoms with E-state index in [2.05, 4.69) is 5.32 Å². The lowest BCUT2D eigenvalue weighted by Crippen LogP contribution is -2.50. The monoisotopic (exact) mass is 369 g/mol. The van der Waals surface area contributed by atoms with E-state index in [0.29, 0.717) is 12.8 Å². The van der Waals surface area contributed by atoms with Crippen molar-refractivity contribution in [3.63, 3.8) is 0 Å². The summed E-state index contributed by atoms with van der Waals surface area (Å²) in [6.45, 7) is 1.77. The number of hydrogen-bond donors (Lipinski definition) is 3. The van der Waals surface area contributed by atoms with Crippen LogP contribution in [0.5, 0.6) is 0 Å². The lowest BCUT2D eigenvalue weighted by Gasteiger charge is -2.30. The van der Waals surface area contributed by atoms with Crippen molar-refractivity contribution in [1.29, 1.82) is 0 Å². The van der Waals surface area contributed by atoms with Gasteiger partial charge in [-0.3, -0.25) is 9.59 Å². The summed E-state index contributed by atoms with van der Waals surface area (Å²) >= 11 is 0. The Kier molecular flexibility index (Phi) is 6.71. The highest BCUT2D eigenvalue weighted by Gasteiger charge is 2.36. The maximum Gasteiger partial charge on any atom is 0.326 e. The van der Waals surface area contributed by atoms with Gasteiger partial charge >= 0.3 is 11.9 Å². The molecule has 27 heavy (non-hydrogen) atoms. The number of carbonyl (C=O) groups is 3. The molecule has 0 aliphatic carbocycles. The third-order valence-electron chi connectivity index (χ3n) is 4.40. The van der Waals surface area contributed by atoms with Crippen LogP contribution in [0, 0.1) is 5.41 Å². The normalized spacial score (nSPS) is 12.2. The van der Waals surface area contributed by atoms with Crippen LogP contribution >= 0.6 is 0 Å². The summed E-state index contributed by atoms with van der Waals surface area (Å²) < 4.78 is 0. The second kappa shape index (κ2) is 8.98. The van der Waals surface area contributed by atoms with Crippen LogP contribution in [0.15, 0.2) is 60.7 Å². The molecule has 0 aromatic heterocycles. The summed E-state index contributed by atoms with van der Waals surface area (Å²) in [5, 5.41) is 20.6. The fourth-order valence-electron chi connectivity index (χ4n) is 3.02. The van der Waals surface area contributed by atoms with Crippen LogP contribution < -0.4 is 5.32 Å². The molecular formula is C21H23NO5. The SMILES string of the molecule is CC(Cc1ccccc1)(Cc1ccccc1)C(=O)N[C@@H](CC(=O)O)C(=O)O. The van der Waals surface area contributed by atoms with Crippen LogP contribution in [0.2, 0.25) is 0 Å². The number of benzene rings is 2. The maximum atomic E-state index is 13.0. The van der Waals surface area contributed by atoms with Crippen molar-refractivity contribution in [2.75, 3.05) is 0 Å². The molecule has 0 bridgehead atoms. The highest BCUT2D eigenvalue weighted by molar-refractivity contribution is 5.89. The number of amides is 1. The van der Waals surface area contributed by atoms with E-state index >= 15 is 0 Å². The first-order valence-electron chi connectivity index (χ1n) is 8.63. The molecule has 2 aromatic rings. The highest BCUT2D eigenvalue weighted by atomic mass is 16.4. The Morgan fingerprint density at radius 3 is 1.70 bits per heavy atom. The minimum absolute atomic E-state index is 0.397. The predicted octanol–water partition coefficient (Wildman–Crippen LogP) is 2.52. The maximum absolute atomic E-state index is 13.0. The molecule has 1 amide bonds. The molecule has 0 radical (unpaired) electrons. The topological polar surface area (TPSA) is 104 Å². The van der Waals surface area contributed by atoms with Crippen molar-refractivity contribution >= 4 is 17.8 Å². The van der Waals surface area contributed by atoms with Gasteiger partial charge in [-0.05, 0) is 24.0 Å². The summed E-state index contributed by atoms with van der Waals surface area (Å²) in [7, 11) is 0. The standard InChI is InChI=1S/C21H23NO5/c1-21(13-15-8-4-2-5-9-15,14-16-10-6-3-7-11-16)20(27)22-17(19(25)26)12-18(23)24/h2-11,17H,12-14H2,1H3,(H,22,27)(H,23,24)(H,25,26)/t17-/m0/s1. The highest BCUT2D eigenvalue weighted by Crippen LogP contribution is 2.28. The molecule has 0 aliphatic rings. The molecule has 6 heteroatoms. The molecule has 3 N–H and O–H groups in total. The summed E-state index contributed by atoms with van der Waals surface area (Å²) in [5.41, 5.74) is 0.946. The Labute approximate surface area is 157 Å². The molecule has 0 saturated carbocycles. The van der Waals surface area contributed by atoms with Gasteiger partial charge in [0.15, 0.2) is 0 Å². The first-order valence-corrected chi connectivity index (χ1v) is 8.63. The Morgan fingerprint density at radius 1 is 0.889 bits per heavy atom. The van der Waals surface area contributed by atoms with Crippen molar-refractivity contribution in [3.05, 3.63) is 71.8 Å². The van der Waals surface area contributed by atoms with Crippen LogP contribution in [-0.4, -0.2) is 34.1 Å². The van der Waals surface area contributed by atoms with Gasteiger partial charge in [0.05, 0.1) is 11.8 Å². The summed E-state index contributed by atoms with van der Waals surface area (Å²) in [4.78, 5) is 35.3. The molecule has 6 nitrogen and oxygen atoms in total. The van der Waals surface area contributed by atoms with Gasteiger partial charge in [-0.2, -0.15) is 0 Å². The number of rotatable bonds is 9. The van der Waals surface area contributed by atoms with E-state index in [0.717, 1.165) is 11.1 Å². The molecule has 0 aliphatic heterocycles. The number of carboxylic acids is 2. The number of carboxylic acid groups (broad SMARTS) is 2. The Hall–Kier alpha value is -3.15. The van der Waals surface area contributed by atoms with Crippen molar-refractivity contribution in [2.45, 2.75) is 32.2 Å². The molecular weight excluding hydrogens is 346 g/mol. The minimum atomic E-state index is -1.47. The van der Waals surface area contributed by atoms with Gasteiger partial charge in [0, 0.05) is 0 Å². The van der Waals surface area contributed by atoms with Crippen LogP contribution in [0.25, 0.3) is 0 Å². The number of nitrogens with one attached hydrogen (secondary N) is 1. The number of aliphatic carboxylic acids is 2. The fourth-order valence-corrected chi connectivity index (χ4v) is 3.02. The van der Waals surface area contributed by atoms with Crippen molar-refractivity contribution in [3.8, 4) is 0 Å². The smallest absolute Gasteiger partial charge is 0.326 e. The summed E-state index contributed by atoms with van der Waals surface area (Å²) in [5.74, 6) is -3.13. The van der Waals surface area contributed by atoms with Gasteiger partial charge in [0.2, 0.25) is 5.91 Å². The van der Waals surface area contributed by atoms with Gasteiger partial charge in [0.1, 0.15) is 6.04 Å². The average Bonchev–Trinajstić information content (AvgIpc) is 2.62. The molecule has 142 valence electrons. The molecule has 1 atom stereocenters. The van der Waals surface area contributed by atoms with E-state index in [4.69, 9.17) is 5.11 Å². The lowest BCUT2D eigenvalue weighted by atomic mass is 9.77. The third kappa shape index (κ3) is 5.95. The number of carbonyl (C=O) groups excluding carboxylic acids is 1. The summed E-state index contributed by atoms with van der Waals surface area (Å²) in [6.07, 6.45) is 0.121. The van der Waals surface area contributed by atoms with Crippen molar-refractivity contribution in [2.24, 2.45) is 5.41 Å². The van der Waals surface area contributed by atoms with E-state index in [-0.39, 0.29) is 0 Å². The zero-order valence-electron chi connectivity index (χ0n) is 15.1. The molecule has 2 rings (SSSR count). The first-order chi connectivity index (χ1) is 12.8. The third-order valence-corrected chi connectivity index (χ3v) is 4.40.